The fourth-order valence-electron chi connectivity index (χ4n) is 0.992. The standard InChI is InChI=1S/C10H11BrN2O3/c1-6(9(14)15)12-10(16)13-8-4-2-3-7(11)5-8/h2-6H,1H3,(H,14,15)(H2,12,13,16)/t6-/m0/s1. The summed E-state index contributed by atoms with van der Waals surface area (Å²) in [7, 11) is 0. The molecule has 0 aliphatic heterocycles. The third-order valence-corrected chi connectivity index (χ3v) is 2.29. The molecule has 1 aromatic carbocycles. The molecule has 0 aromatic heterocycles. The molecule has 3 N–H and O–H groups in total. The van der Waals surface area contributed by atoms with Crippen LogP contribution in [0.4, 0.5) is 10.5 Å². The quantitative estimate of drug-likeness (QED) is 0.796. The highest BCUT2D eigenvalue weighted by molar-refractivity contribution is 9.10. The van der Waals surface area contributed by atoms with Gasteiger partial charge in [0.15, 0.2) is 0 Å². The minimum Gasteiger partial charge on any atom is -0.480 e. The number of anilines is 1. The van der Waals surface area contributed by atoms with Crippen LogP contribution in [0.15, 0.2) is 28.7 Å². The molecule has 0 bridgehead atoms. The number of carbonyl (C=O) groups is 2. The van der Waals surface area contributed by atoms with Gasteiger partial charge < -0.3 is 15.7 Å². The van der Waals surface area contributed by atoms with E-state index in [2.05, 4.69) is 26.6 Å². The summed E-state index contributed by atoms with van der Waals surface area (Å²) in [6, 6.07) is 5.53. The van der Waals surface area contributed by atoms with Gasteiger partial charge in [0.2, 0.25) is 0 Å². The predicted molar refractivity (Wildman–Crippen MR) is 63.4 cm³/mol. The highest BCUT2D eigenvalue weighted by Crippen LogP contribution is 2.15. The first-order valence-corrected chi connectivity index (χ1v) is 5.34. The van der Waals surface area contributed by atoms with Crippen molar-refractivity contribution in [3.8, 4) is 0 Å². The van der Waals surface area contributed by atoms with E-state index in [9.17, 15) is 9.59 Å². The Kier molecular flexibility index (Phi) is 4.30. The molecule has 16 heavy (non-hydrogen) atoms. The van der Waals surface area contributed by atoms with Gasteiger partial charge in [-0.25, -0.2) is 4.79 Å². The molecule has 2 amide bonds. The number of rotatable bonds is 3. The maximum atomic E-state index is 11.3. The molecule has 86 valence electrons. The van der Waals surface area contributed by atoms with Crippen LogP contribution in [0.5, 0.6) is 0 Å². The van der Waals surface area contributed by atoms with Gasteiger partial charge in [-0.3, -0.25) is 4.79 Å². The van der Waals surface area contributed by atoms with Crippen LogP contribution >= 0.6 is 15.9 Å². The number of nitrogens with one attached hydrogen (secondary N) is 2. The Balaban J connectivity index is 2.55. The number of hydrogen-bond donors (Lipinski definition) is 3. The van der Waals surface area contributed by atoms with E-state index in [0.29, 0.717) is 5.69 Å². The van der Waals surface area contributed by atoms with Gasteiger partial charge in [0.1, 0.15) is 6.04 Å². The first-order chi connectivity index (χ1) is 7.49. The van der Waals surface area contributed by atoms with Crippen LogP contribution in [0.3, 0.4) is 0 Å². The molecule has 1 rings (SSSR count). The maximum Gasteiger partial charge on any atom is 0.325 e. The lowest BCUT2D eigenvalue weighted by molar-refractivity contribution is -0.138. The van der Waals surface area contributed by atoms with Crippen molar-refractivity contribution in [3.05, 3.63) is 28.7 Å². The molecular formula is C10H11BrN2O3. The van der Waals surface area contributed by atoms with Crippen LogP contribution in [0.1, 0.15) is 6.92 Å². The van der Waals surface area contributed by atoms with Crippen molar-refractivity contribution in [3.63, 3.8) is 0 Å². The topological polar surface area (TPSA) is 78.4 Å². The average molecular weight is 287 g/mol. The SMILES string of the molecule is C[C@H](NC(=O)Nc1cccc(Br)c1)C(=O)O. The summed E-state index contributed by atoms with van der Waals surface area (Å²) in [6.45, 7) is 1.39. The van der Waals surface area contributed by atoms with Crippen molar-refractivity contribution in [2.45, 2.75) is 13.0 Å². The molecule has 0 fully saturated rings. The van der Waals surface area contributed by atoms with Crippen molar-refractivity contribution in [1.82, 2.24) is 5.32 Å². The molecule has 5 nitrogen and oxygen atoms in total. The van der Waals surface area contributed by atoms with Gasteiger partial charge in [0.25, 0.3) is 0 Å². The Labute approximate surface area is 101 Å². The number of carbonyl (C=O) groups excluding carboxylic acids is 1. The summed E-state index contributed by atoms with van der Waals surface area (Å²) in [4.78, 5) is 21.8. The number of amides is 2. The van der Waals surface area contributed by atoms with Crippen LogP contribution in [-0.2, 0) is 4.79 Å². The average Bonchev–Trinajstić information content (AvgIpc) is 2.16. The van der Waals surface area contributed by atoms with Crippen LogP contribution < -0.4 is 10.6 Å². The molecule has 0 spiro atoms. The van der Waals surface area contributed by atoms with Crippen molar-refractivity contribution in [1.29, 1.82) is 0 Å². The van der Waals surface area contributed by atoms with E-state index >= 15 is 0 Å². The van der Waals surface area contributed by atoms with E-state index in [1.54, 1.807) is 18.2 Å². The van der Waals surface area contributed by atoms with E-state index < -0.39 is 18.0 Å². The molecule has 0 saturated heterocycles. The third kappa shape index (κ3) is 3.90. The van der Waals surface area contributed by atoms with E-state index in [1.807, 2.05) is 6.07 Å². The van der Waals surface area contributed by atoms with Crippen molar-refractivity contribution in [2.75, 3.05) is 5.32 Å². The second kappa shape index (κ2) is 5.50. The van der Waals surface area contributed by atoms with Crippen molar-refractivity contribution < 1.29 is 14.7 Å². The van der Waals surface area contributed by atoms with Gasteiger partial charge in [0.05, 0.1) is 0 Å². The summed E-state index contributed by atoms with van der Waals surface area (Å²) in [5, 5.41) is 13.4. The van der Waals surface area contributed by atoms with Crippen molar-refractivity contribution >= 4 is 33.6 Å². The molecule has 0 radical (unpaired) electrons. The zero-order valence-electron chi connectivity index (χ0n) is 8.53. The second-order valence-electron chi connectivity index (χ2n) is 3.17. The summed E-state index contributed by atoms with van der Waals surface area (Å²) >= 11 is 3.26. The number of urea groups is 1. The second-order valence-corrected chi connectivity index (χ2v) is 4.08. The monoisotopic (exact) mass is 286 g/mol. The lowest BCUT2D eigenvalue weighted by atomic mass is 10.3. The first-order valence-electron chi connectivity index (χ1n) is 4.55. The van der Waals surface area contributed by atoms with Gasteiger partial charge in [0, 0.05) is 10.2 Å². The zero-order valence-corrected chi connectivity index (χ0v) is 10.1. The fraction of sp³-hybridized carbons (Fsp3) is 0.200. The Morgan fingerprint density at radius 2 is 2.12 bits per heavy atom. The molecule has 1 aromatic rings. The maximum absolute atomic E-state index is 11.3. The third-order valence-electron chi connectivity index (χ3n) is 1.80. The summed E-state index contributed by atoms with van der Waals surface area (Å²) in [5.74, 6) is -1.08. The Morgan fingerprint density at radius 3 is 2.69 bits per heavy atom. The molecule has 0 aliphatic rings. The number of aliphatic carboxylic acids is 1. The van der Waals surface area contributed by atoms with Gasteiger partial charge in [-0.15, -0.1) is 0 Å². The summed E-state index contributed by atoms with van der Waals surface area (Å²) in [6.07, 6.45) is 0. The summed E-state index contributed by atoms with van der Waals surface area (Å²) in [5.41, 5.74) is 0.587. The molecular weight excluding hydrogens is 276 g/mol. The normalized spacial score (nSPS) is 11.6. The number of halogens is 1. The number of hydrogen-bond acceptors (Lipinski definition) is 2. The Bertz CT molecular complexity index is 409. The van der Waals surface area contributed by atoms with Crippen molar-refractivity contribution in [2.24, 2.45) is 0 Å². The van der Waals surface area contributed by atoms with Gasteiger partial charge in [-0.05, 0) is 25.1 Å². The van der Waals surface area contributed by atoms with Gasteiger partial charge in [-0.1, -0.05) is 22.0 Å². The Hall–Kier alpha value is -1.56. The largest absolute Gasteiger partial charge is 0.480 e. The van der Waals surface area contributed by atoms with E-state index in [-0.39, 0.29) is 0 Å². The van der Waals surface area contributed by atoms with Crippen LogP contribution in [-0.4, -0.2) is 23.1 Å². The summed E-state index contributed by atoms with van der Waals surface area (Å²) < 4.78 is 0.830. The number of carboxylic acids is 1. The lowest BCUT2D eigenvalue weighted by Gasteiger charge is -2.10. The smallest absolute Gasteiger partial charge is 0.325 e. The highest BCUT2D eigenvalue weighted by Gasteiger charge is 2.13. The van der Waals surface area contributed by atoms with E-state index in [1.165, 1.54) is 6.92 Å². The molecule has 0 saturated carbocycles. The highest BCUT2D eigenvalue weighted by atomic mass is 79.9. The van der Waals surface area contributed by atoms with E-state index in [0.717, 1.165) is 4.47 Å². The van der Waals surface area contributed by atoms with Gasteiger partial charge in [-0.2, -0.15) is 0 Å². The first kappa shape index (κ1) is 12.5. The number of benzene rings is 1. The predicted octanol–water partition coefficient (Wildman–Crippen LogP) is 2.04. The fourth-order valence-corrected chi connectivity index (χ4v) is 1.39. The minimum atomic E-state index is -1.08. The zero-order chi connectivity index (χ0) is 12.1. The number of carboxylic acid groups (broad SMARTS) is 1. The lowest BCUT2D eigenvalue weighted by Crippen LogP contribution is -2.40. The molecule has 0 aliphatic carbocycles. The molecule has 0 unspecified atom stereocenters. The van der Waals surface area contributed by atoms with Crippen LogP contribution in [0.2, 0.25) is 0 Å². The van der Waals surface area contributed by atoms with E-state index in [4.69, 9.17) is 5.11 Å². The Morgan fingerprint density at radius 1 is 1.44 bits per heavy atom. The van der Waals surface area contributed by atoms with Crippen LogP contribution in [0.25, 0.3) is 0 Å². The van der Waals surface area contributed by atoms with Gasteiger partial charge >= 0.3 is 12.0 Å². The molecule has 6 heteroatoms. The molecule has 1 atom stereocenters. The minimum absolute atomic E-state index is 0.548. The van der Waals surface area contributed by atoms with Crippen LogP contribution in [0, 0.1) is 0 Å². The molecule has 0 heterocycles.